The van der Waals surface area contributed by atoms with E-state index in [2.05, 4.69) is 61.4 Å². The van der Waals surface area contributed by atoms with Gasteiger partial charge in [-0.3, -0.25) is 0 Å². The third-order valence-electron chi connectivity index (χ3n) is 4.88. The van der Waals surface area contributed by atoms with Crippen LogP contribution in [-0.2, 0) is 0 Å². The van der Waals surface area contributed by atoms with Gasteiger partial charge in [-0.15, -0.1) is 13.2 Å². The lowest BCUT2D eigenvalue weighted by atomic mass is 9.88. The molecule has 0 spiro atoms. The van der Waals surface area contributed by atoms with Crippen LogP contribution in [0.3, 0.4) is 0 Å². The first-order valence-electron chi connectivity index (χ1n) is 10.5. The number of phenols is 1. The van der Waals surface area contributed by atoms with E-state index >= 15 is 0 Å². The number of phenolic OH excluding ortho intramolecular Hbond substituents is 1. The molecule has 1 N–H and O–H groups in total. The van der Waals surface area contributed by atoms with Gasteiger partial charge < -0.3 is 14.7 Å². The van der Waals surface area contributed by atoms with Crippen molar-refractivity contribution in [2.45, 2.75) is 13.3 Å². The zero-order valence-corrected chi connectivity index (χ0v) is 18.8. The molecule has 31 heavy (non-hydrogen) atoms. The summed E-state index contributed by atoms with van der Waals surface area (Å²) >= 11 is 0. The number of allylic oxidation sites excluding steroid dienone is 1. The van der Waals surface area contributed by atoms with E-state index in [1.807, 2.05) is 44.4 Å². The van der Waals surface area contributed by atoms with Crippen LogP contribution in [0, 0.1) is 0 Å². The molecule has 3 rings (SSSR count). The van der Waals surface area contributed by atoms with Crippen LogP contribution in [0.15, 0.2) is 92.0 Å². The Bertz CT molecular complexity index is 943. The van der Waals surface area contributed by atoms with E-state index in [1.165, 1.54) is 16.7 Å². The number of hydrogen-bond donors (Lipinski definition) is 1. The monoisotopic (exact) mass is 415 g/mol. The van der Waals surface area contributed by atoms with Crippen LogP contribution in [0.5, 0.6) is 11.5 Å². The average Bonchev–Trinajstić information content (AvgIpc) is 2.80. The summed E-state index contributed by atoms with van der Waals surface area (Å²) in [5.74, 6) is 1.15. The summed E-state index contributed by atoms with van der Waals surface area (Å²) in [5.41, 5.74) is 5.89. The van der Waals surface area contributed by atoms with E-state index < -0.39 is 0 Å². The standard InChI is InChI=1S/C26H29NO2.C2H4/c1-4-25(20-8-6-5-7-9-20)26(21-10-14-23(28)15-11-21)22-12-16-24(17-13-22)29-19-18-27(2)3;1-2/h5-17,28H,4,18-19H2,1-3H3;1-2H2/b26-25-;. The van der Waals surface area contributed by atoms with Crippen molar-refractivity contribution in [1.29, 1.82) is 0 Å². The molecule has 0 saturated heterocycles. The molecule has 3 aromatic rings. The second-order valence-corrected chi connectivity index (χ2v) is 7.30. The van der Waals surface area contributed by atoms with Crippen molar-refractivity contribution in [1.82, 2.24) is 4.90 Å². The van der Waals surface area contributed by atoms with Gasteiger partial charge in [0.15, 0.2) is 0 Å². The molecule has 0 aliphatic carbocycles. The Morgan fingerprint density at radius 1 is 0.806 bits per heavy atom. The summed E-state index contributed by atoms with van der Waals surface area (Å²) in [5, 5.41) is 9.74. The summed E-state index contributed by atoms with van der Waals surface area (Å²) in [6.45, 7) is 9.73. The summed E-state index contributed by atoms with van der Waals surface area (Å²) in [4.78, 5) is 2.10. The van der Waals surface area contributed by atoms with Gasteiger partial charge >= 0.3 is 0 Å². The second kappa shape index (κ2) is 12.4. The van der Waals surface area contributed by atoms with Crippen molar-refractivity contribution >= 4 is 11.1 Å². The van der Waals surface area contributed by atoms with Gasteiger partial charge in [0.1, 0.15) is 18.1 Å². The van der Waals surface area contributed by atoms with Gasteiger partial charge in [-0.2, -0.15) is 0 Å². The average molecular weight is 416 g/mol. The predicted octanol–water partition coefficient (Wildman–Crippen LogP) is 6.50. The molecule has 0 atom stereocenters. The minimum atomic E-state index is 0.274. The van der Waals surface area contributed by atoms with Crippen LogP contribution < -0.4 is 4.74 Å². The van der Waals surface area contributed by atoms with Crippen LogP contribution in [0.25, 0.3) is 11.1 Å². The lowest BCUT2D eigenvalue weighted by Crippen LogP contribution is -2.19. The lowest BCUT2D eigenvalue weighted by molar-refractivity contribution is 0.261. The number of nitrogens with zero attached hydrogens (tertiary/aromatic N) is 1. The molecule has 0 amide bonds. The van der Waals surface area contributed by atoms with Crippen molar-refractivity contribution in [3.63, 3.8) is 0 Å². The maximum absolute atomic E-state index is 9.74. The molecule has 3 aromatic carbocycles. The molecular weight excluding hydrogens is 382 g/mol. The molecule has 3 heteroatoms. The summed E-state index contributed by atoms with van der Waals surface area (Å²) in [6, 6.07) is 26.2. The van der Waals surface area contributed by atoms with Crippen molar-refractivity contribution in [2.24, 2.45) is 0 Å². The molecule has 0 aliphatic heterocycles. The van der Waals surface area contributed by atoms with Crippen LogP contribution in [0.2, 0.25) is 0 Å². The molecule has 3 nitrogen and oxygen atoms in total. The first-order valence-corrected chi connectivity index (χ1v) is 10.5. The highest BCUT2D eigenvalue weighted by Crippen LogP contribution is 2.35. The number of hydrogen-bond acceptors (Lipinski definition) is 3. The fourth-order valence-electron chi connectivity index (χ4n) is 3.37. The van der Waals surface area contributed by atoms with Gasteiger partial charge in [-0.1, -0.05) is 61.5 Å². The van der Waals surface area contributed by atoms with Gasteiger partial charge in [0.2, 0.25) is 0 Å². The van der Waals surface area contributed by atoms with Gasteiger partial charge in [0.05, 0.1) is 0 Å². The Morgan fingerprint density at radius 2 is 1.35 bits per heavy atom. The van der Waals surface area contributed by atoms with E-state index in [9.17, 15) is 5.11 Å². The Hall–Kier alpha value is -3.30. The second-order valence-electron chi connectivity index (χ2n) is 7.30. The van der Waals surface area contributed by atoms with Crippen molar-refractivity contribution in [2.75, 3.05) is 27.2 Å². The largest absolute Gasteiger partial charge is 0.508 e. The van der Waals surface area contributed by atoms with Gasteiger partial charge in [0, 0.05) is 6.54 Å². The lowest BCUT2D eigenvalue weighted by Gasteiger charge is -2.17. The number of rotatable bonds is 8. The minimum absolute atomic E-state index is 0.274. The highest BCUT2D eigenvalue weighted by atomic mass is 16.5. The molecule has 0 unspecified atom stereocenters. The van der Waals surface area contributed by atoms with E-state index in [0.29, 0.717) is 6.61 Å². The SMILES string of the molecule is C=C.CC/C(=C(\c1ccc(O)cc1)c1ccc(OCCN(C)C)cc1)c1ccccc1. The van der Waals surface area contributed by atoms with E-state index in [4.69, 9.17) is 4.74 Å². The number of likely N-dealkylation sites (N-methyl/N-ethyl adjacent to an activating group) is 1. The summed E-state index contributed by atoms with van der Waals surface area (Å²) in [7, 11) is 4.08. The Labute approximate surface area is 186 Å². The number of aromatic hydroxyl groups is 1. The van der Waals surface area contributed by atoms with Crippen LogP contribution >= 0.6 is 0 Å². The molecule has 0 bridgehead atoms. The Kier molecular flexibility index (Phi) is 9.60. The highest BCUT2D eigenvalue weighted by Gasteiger charge is 2.13. The topological polar surface area (TPSA) is 32.7 Å². The van der Waals surface area contributed by atoms with Gasteiger partial charge in [0.25, 0.3) is 0 Å². The van der Waals surface area contributed by atoms with Crippen LogP contribution in [0.1, 0.15) is 30.0 Å². The molecule has 0 aromatic heterocycles. The molecule has 162 valence electrons. The first-order chi connectivity index (χ1) is 15.1. The predicted molar refractivity (Wildman–Crippen MR) is 133 cm³/mol. The third kappa shape index (κ3) is 6.87. The van der Waals surface area contributed by atoms with Crippen molar-refractivity contribution < 1.29 is 9.84 Å². The summed E-state index contributed by atoms with van der Waals surface area (Å²) in [6.07, 6.45) is 0.904. The number of benzene rings is 3. The molecular formula is C28H33NO2. The maximum atomic E-state index is 9.74. The fraction of sp³-hybridized carbons (Fsp3) is 0.214. The van der Waals surface area contributed by atoms with Gasteiger partial charge in [-0.05, 0) is 72.6 Å². The molecule has 0 saturated carbocycles. The molecule has 0 heterocycles. The quantitative estimate of drug-likeness (QED) is 0.336. The van der Waals surface area contributed by atoms with E-state index in [1.54, 1.807) is 12.1 Å². The zero-order valence-electron chi connectivity index (χ0n) is 18.8. The summed E-state index contributed by atoms with van der Waals surface area (Å²) < 4.78 is 5.85. The third-order valence-corrected chi connectivity index (χ3v) is 4.88. The van der Waals surface area contributed by atoms with Crippen LogP contribution in [0.4, 0.5) is 0 Å². The fourth-order valence-corrected chi connectivity index (χ4v) is 3.37. The highest BCUT2D eigenvalue weighted by molar-refractivity contribution is 5.98. The molecule has 0 aliphatic rings. The minimum Gasteiger partial charge on any atom is -0.508 e. The molecule has 0 radical (unpaired) electrons. The number of ether oxygens (including phenoxy) is 1. The van der Waals surface area contributed by atoms with E-state index in [-0.39, 0.29) is 5.75 Å². The van der Waals surface area contributed by atoms with E-state index in [0.717, 1.165) is 29.8 Å². The molecule has 0 fully saturated rings. The normalized spacial score (nSPS) is 11.4. The van der Waals surface area contributed by atoms with Gasteiger partial charge in [-0.25, -0.2) is 0 Å². The Morgan fingerprint density at radius 3 is 1.87 bits per heavy atom. The zero-order chi connectivity index (χ0) is 22.6. The smallest absolute Gasteiger partial charge is 0.119 e. The van der Waals surface area contributed by atoms with Crippen LogP contribution in [-0.4, -0.2) is 37.3 Å². The van der Waals surface area contributed by atoms with Crippen molar-refractivity contribution in [3.8, 4) is 11.5 Å². The Balaban J connectivity index is 0.00000166. The van der Waals surface area contributed by atoms with Crippen molar-refractivity contribution in [3.05, 3.63) is 109 Å². The first kappa shape index (κ1) is 24.0. The maximum Gasteiger partial charge on any atom is 0.119 e.